The summed E-state index contributed by atoms with van der Waals surface area (Å²) in [7, 11) is 3.17. The molecule has 1 aromatic heterocycles. The molecule has 1 saturated heterocycles. The topological polar surface area (TPSA) is 54.9 Å². The molecule has 0 unspecified atom stereocenters. The second kappa shape index (κ2) is 7.98. The quantitative estimate of drug-likeness (QED) is 0.833. The number of nitrogens with zero attached hydrogens (tertiary/aromatic N) is 3. The van der Waals surface area contributed by atoms with Gasteiger partial charge in [0.25, 0.3) is 5.91 Å². The molecule has 0 radical (unpaired) electrons. The molecule has 0 atom stereocenters. The van der Waals surface area contributed by atoms with E-state index >= 15 is 0 Å². The zero-order valence-corrected chi connectivity index (χ0v) is 14.6. The molecule has 0 aliphatic carbocycles. The fraction of sp³-hybridized carbons (Fsp3) is 0.368. The Labute approximate surface area is 148 Å². The van der Waals surface area contributed by atoms with E-state index in [9.17, 15) is 4.79 Å². The summed E-state index contributed by atoms with van der Waals surface area (Å²) in [6.45, 7) is 4.02. The van der Waals surface area contributed by atoms with Crippen LogP contribution in [-0.2, 0) is 6.54 Å². The van der Waals surface area contributed by atoms with Crippen LogP contribution in [0.4, 0.5) is 0 Å². The molecule has 0 bridgehead atoms. The summed E-state index contributed by atoms with van der Waals surface area (Å²) in [4.78, 5) is 21.1. The summed E-state index contributed by atoms with van der Waals surface area (Å²) in [5, 5.41) is 0. The molecule has 0 saturated carbocycles. The molecule has 6 nitrogen and oxygen atoms in total. The summed E-state index contributed by atoms with van der Waals surface area (Å²) in [6, 6.07) is 9.34. The average molecular weight is 341 g/mol. The molecule has 2 heterocycles. The van der Waals surface area contributed by atoms with Crippen LogP contribution in [0.1, 0.15) is 15.9 Å². The van der Waals surface area contributed by atoms with Gasteiger partial charge in [-0.25, -0.2) is 0 Å². The van der Waals surface area contributed by atoms with Crippen LogP contribution in [-0.4, -0.2) is 61.1 Å². The fourth-order valence-electron chi connectivity index (χ4n) is 2.97. The van der Waals surface area contributed by atoms with E-state index in [0.717, 1.165) is 19.6 Å². The van der Waals surface area contributed by atoms with E-state index in [-0.39, 0.29) is 5.91 Å². The molecule has 3 rings (SSSR count). The minimum atomic E-state index is 0.0146. The largest absolute Gasteiger partial charge is 0.497 e. The predicted molar refractivity (Wildman–Crippen MR) is 95.0 cm³/mol. The summed E-state index contributed by atoms with van der Waals surface area (Å²) in [6.07, 6.45) is 3.62. The third kappa shape index (κ3) is 4.28. The van der Waals surface area contributed by atoms with Crippen molar-refractivity contribution in [3.8, 4) is 11.5 Å². The van der Waals surface area contributed by atoms with Gasteiger partial charge in [0.1, 0.15) is 11.5 Å². The monoisotopic (exact) mass is 341 g/mol. The summed E-state index contributed by atoms with van der Waals surface area (Å²) in [5.74, 6) is 1.26. The summed E-state index contributed by atoms with van der Waals surface area (Å²) in [5.41, 5.74) is 1.84. The smallest absolute Gasteiger partial charge is 0.254 e. The number of hydrogen-bond acceptors (Lipinski definition) is 5. The molecule has 6 heteroatoms. The van der Waals surface area contributed by atoms with Crippen molar-refractivity contribution in [2.24, 2.45) is 0 Å². The third-order valence-corrected chi connectivity index (χ3v) is 4.41. The molecule has 0 spiro atoms. The maximum atomic E-state index is 12.8. The van der Waals surface area contributed by atoms with E-state index in [1.54, 1.807) is 32.4 Å². The van der Waals surface area contributed by atoms with E-state index < -0.39 is 0 Å². The van der Waals surface area contributed by atoms with Crippen LogP contribution in [0.5, 0.6) is 11.5 Å². The molecule has 1 aliphatic rings. The van der Waals surface area contributed by atoms with Crippen molar-refractivity contribution >= 4 is 5.91 Å². The van der Waals surface area contributed by atoms with Gasteiger partial charge in [-0.1, -0.05) is 0 Å². The number of benzene rings is 1. The average Bonchev–Trinajstić information content (AvgIpc) is 2.68. The number of hydrogen-bond donors (Lipinski definition) is 0. The lowest BCUT2D eigenvalue weighted by Gasteiger charge is -2.34. The molecule has 1 aromatic carbocycles. The highest BCUT2D eigenvalue weighted by Crippen LogP contribution is 2.24. The van der Waals surface area contributed by atoms with Crippen molar-refractivity contribution in [1.29, 1.82) is 0 Å². The van der Waals surface area contributed by atoms with Crippen molar-refractivity contribution in [2.75, 3.05) is 40.4 Å². The molecule has 1 aliphatic heterocycles. The van der Waals surface area contributed by atoms with Gasteiger partial charge in [-0.05, 0) is 29.8 Å². The van der Waals surface area contributed by atoms with E-state index in [1.807, 2.05) is 29.4 Å². The van der Waals surface area contributed by atoms with Gasteiger partial charge < -0.3 is 14.4 Å². The summed E-state index contributed by atoms with van der Waals surface area (Å²) < 4.78 is 10.5. The zero-order valence-electron chi connectivity index (χ0n) is 14.6. The molecule has 1 amide bonds. The molecular weight excluding hydrogens is 318 g/mol. The van der Waals surface area contributed by atoms with Gasteiger partial charge in [0.2, 0.25) is 0 Å². The zero-order chi connectivity index (χ0) is 17.6. The van der Waals surface area contributed by atoms with Crippen LogP contribution in [0.15, 0.2) is 42.7 Å². The number of carbonyl (C=O) groups excluding carboxylic acids is 1. The fourth-order valence-corrected chi connectivity index (χ4v) is 2.97. The Hall–Kier alpha value is -2.60. The molecular formula is C19H23N3O3. The van der Waals surface area contributed by atoms with Crippen LogP contribution in [0.25, 0.3) is 0 Å². The van der Waals surface area contributed by atoms with E-state index in [1.165, 1.54) is 5.56 Å². The van der Waals surface area contributed by atoms with Gasteiger partial charge in [0.15, 0.2) is 0 Å². The number of methoxy groups -OCH3 is 2. The second-order valence-electron chi connectivity index (χ2n) is 6.03. The standard InChI is InChI=1S/C19H23N3O3/c1-24-17-11-16(12-18(13-17)25-2)19(23)22-9-7-21(8-10-22)14-15-3-5-20-6-4-15/h3-6,11-13H,7-10,14H2,1-2H3. The first-order valence-electron chi connectivity index (χ1n) is 8.33. The van der Waals surface area contributed by atoms with Gasteiger partial charge in [-0.2, -0.15) is 0 Å². The molecule has 25 heavy (non-hydrogen) atoms. The molecule has 2 aromatic rings. The van der Waals surface area contributed by atoms with Crippen LogP contribution < -0.4 is 9.47 Å². The highest BCUT2D eigenvalue weighted by molar-refractivity contribution is 5.95. The normalized spacial score (nSPS) is 15.0. The van der Waals surface area contributed by atoms with Crippen molar-refractivity contribution in [2.45, 2.75) is 6.54 Å². The van der Waals surface area contributed by atoms with Crippen molar-refractivity contribution < 1.29 is 14.3 Å². The van der Waals surface area contributed by atoms with Gasteiger partial charge in [-0.3, -0.25) is 14.7 Å². The van der Waals surface area contributed by atoms with Gasteiger partial charge in [0, 0.05) is 56.7 Å². The number of pyridine rings is 1. The summed E-state index contributed by atoms with van der Waals surface area (Å²) >= 11 is 0. The Morgan fingerprint density at radius 2 is 1.60 bits per heavy atom. The van der Waals surface area contributed by atoms with Crippen LogP contribution in [0.2, 0.25) is 0 Å². The Kier molecular flexibility index (Phi) is 5.50. The minimum Gasteiger partial charge on any atom is -0.497 e. The van der Waals surface area contributed by atoms with Crippen molar-refractivity contribution in [3.63, 3.8) is 0 Å². The van der Waals surface area contributed by atoms with Crippen molar-refractivity contribution in [1.82, 2.24) is 14.8 Å². The number of amides is 1. The van der Waals surface area contributed by atoms with Gasteiger partial charge in [0.05, 0.1) is 14.2 Å². The SMILES string of the molecule is COc1cc(OC)cc(C(=O)N2CCN(Cc3ccncc3)CC2)c1. The van der Waals surface area contributed by atoms with E-state index in [0.29, 0.717) is 30.2 Å². The highest BCUT2D eigenvalue weighted by Gasteiger charge is 2.23. The Balaban J connectivity index is 1.62. The van der Waals surface area contributed by atoms with Gasteiger partial charge in [-0.15, -0.1) is 0 Å². The number of rotatable bonds is 5. The van der Waals surface area contributed by atoms with E-state index in [2.05, 4.69) is 9.88 Å². The molecule has 1 fully saturated rings. The lowest BCUT2D eigenvalue weighted by Crippen LogP contribution is -2.48. The first kappa shape index (κ1) is 17.2. The van der Waals surface area contributed by atoms with Crippen molar-refractivity contribution in [3.05, 3.63) is 53.9 Å². The number of carbonyl (C=O) groups is 1. The lowest BCUT2D eigenvalue weighted by atomic mass is 10.1. The van der Waals surface area contributed by atoms with Gasteiger partial charge >= 0.3 is 0 Å². The predicted octanol–water partition coefficient (Wildman–Crippen LogP) is 2.06. The molecule has 0 N–H and O–H groups in total. The maximum Gasteiger partial charge on any atom is 0.254 e. The number of ether oxygens (including phenoxy) is 2. The first-order chi connectivity index (χ1) is 12.2. The Morgan fingerprint density at radius 3 is 2.16 bits per heavy atom. The minimum absolute atomic E-state index is 0.0146. The first-order valence-corrected chi connectivity index (χ1v) is 8.33. The number of aromatic nitrogens is 1. The highest BCUT2D eigenvalue weighted by atomic mass is 16.5. The second-order valence-corrected chi connectivity index (χ2v) is 6.03. The molecule has 132 valence electrons. The number of piperazine rings is 1. The Morgan fingerprint density at radius 1 is 1.00 bits per heavy atom. The lowest BCUT2D eigenvalue weighted by molar-refractivity contribution is 0.0627. The van der Waals surface area contributed by atoms with Crippen LogP contribution in [0, 0.1) is 0 Å². The van der Waals surface area contributed by atoms with Crippen LogP contribution >= 0.6 is 0 Å². The maximum absolute atomic E-state index is 12.8. The third-order valence-electron chi connectivity index (χ3n) is 4.41. The Bertz CT molecular complexity index is 691. The van der Waals surface area contributed by atoms with Crippen LogP contribution in [0.3, 0.4) is 0 Å². The van der Waals surface area contributed by atoms with E-state index in [4.69, 9.17) is 9.47 Å².